The van der Waals surface area contributed by atoms with Crippen LogP contribution in [0.1, 0.15) is 39.4 Å². The van der Waals surface area contributed by atoms with Crippen molar-refractivity contribution in [3.8, 4) is 0 Å². The molecule has 0 fully saturated rings. The SMILES string of the molecule is C[C@@H](c1cccc(NC(=O)c2ccccc2)c1)N(C)C(=O)c1cnccn1. The zero-order valence-corrected chi connectivity index (χ0v) is 15.2. The summed E-state index contributed by atoms with van der Waals surface area (Å²) in [5.74, 6) is -0.390. The summed E-state index contributed by atoms with van der Waals surface area (Å²) in [6.07, 6.45) is 4.46. The highest BCUT2D eigenvalue weighted by molar-refractivity contribution is 6.04. The van der Waals surface area contributed by atoms with Gasteiger partial charge in [0.1, 0.15) is 5.69 Å². The molecular weight excluding hydrogens is 340 g/mol. The number of hydrogen-bond donors (Lipinski definition) is 1. The zero-order valence-electron chi connectivity index (χ0n) is 15.2. The molecule has 0 aliphatic heterocycles. The van der Waals surface area contributed by atoms with E-state index >= 15 is 0 Å². The molecule has 1 heterocycles. The molecule has 0 saturated carbocycles. The third kappa shape index (κ3) is 4.36. The molecule has 1 atom stereocenters. The van der Waals surface area contributed by atoms with Crippen molar-refractivity contribution < 1.29 is 9.59 Å². The lowest BCUT2D eigenvalue weighted by Crippen LogP contribution is -2.30. The third-order valence-electron chi connectivity index (χ3n) is 4.35. The van der Waals surface area contributed by atoms with Gasteiger partial charge < -0.3 is 10.2 Å². The Bertz CT molecular complexity index is 929. The minimum absolute atomic E-state index is 0.176. The molecule has 1 aromatic heterocycles. The topological polar surface area (TPSA) is 75.2 Å². The highest BCUT2D eigenvalue weighted by Gasteiger charge is 2.20. The molecule has 136 valence electrons. The van der Waals surface area contributed by atoms with E-state index in [2.05, 4.69) is 15.3 Å². The molecule has 1 N–H and O–H groups in total. The fourth-order valence-corrected chi connectivity index (χ4v) is 2.66. The Hall–Kier alpha value is -3.54. The molecule has 0 unspecified atom stereocenters. The van der Waals surface area contributed by atoms with E-state index in [1.807, 2.05) is 49.4 Å². The van der Waals surface area contributed by atoms with Crippen LogP contribution in [0.4, 0.5) is 5.69 Å². The van der Waals surface area contributed by atoms with E-state index in [1.54, 1.807) is 24.1 Å². The second-order valence-electron chi connectivity index (χ2n) is 6.13. The van der Waals surface area contributed by atoms with E-state index in [1.165, 1.54) is 18.6 Å². The molecule has 3 aromatic rings. The number of aromatic nitrogens is 2. The molecule has 2 aromatic carbocycles. The summed E-state index contributed by atoms with van der Waals surface area (Å²) in [6, 6.07) is 16.3. The standard InChI is InChI=1S/C21H20N4O2/c1-15(25(2)21(27)19-14-22-11-12-23-19)17-9-6-10-18(13-17)24-20(26)16-7-4-3-5-8-16/h3-15H,1-2H3,(H,24,26)/t15-/m0/s1. The van der Waals surface area contributed by atoms with Crippen molar-refractivity contribution in [1.82, 2.24) is 14.9 Å². The van der Waals surface area contributed by atoms with Crippen LogP contribution in [-0.2, 0) is 0 Å². The average molecular weight is 360 g/mol. The number of nitrogens with zero attached hydrogens (tertiary/aromatic N) is 3. The van der Waals surface area contributed by atoms with Gasteiger partial charge in [0.25, 0.3) is 11.8 Å². The van der Waals surface area contributed by atoms with Gasteiger partial charge in [0.2, 0.25) is 0 Å². The van der Waals surface area contributed by atoms with Crippen LogP contribution in [0.3, 0.4) is 0 Å². The van der Waals surface area contributed by atoms with Crippen molar-refractivity contribution in [2.24, 2.45) is 0 Å². The van der Waals surface area contributed by atoms with Gasteiger partial charge in [-0.2, -0.15) is 0 Å². The van der Waals surface area contributed by atoms with Crippen LogP contribution in [0.2, 0.25) is 0 Å². The van der Waals surface area contributed by atoms with Crippen molar-refractivity contribution in [1.29, 1.82) is 0 Å². The van der Waals surface area contributed by atoms with Crippen molar-refractivity contribution in [2.75, 3.05) is 12.4 Å². The van der Waals surface area contributed by atoms with E-state index in [0.29, 0.717) is 16.9 Å². The third-order valence-corrected chi connectivity index (χ3v) is 4.35. The van der Waals surface area contributed by atoms with Crippen LogP contribution in [0.25, 0.3) is 0 Å². The summed E-state index contributed by atoms with van der Waals surface area (Å²) >= 11 is 0. The van der Waals surface area contributed by atoms with Gasteiger partial charge in [0.05, 0.1) is 12.2 Å². The number of rotatable bonds is 5. The lowest BCUT2D eigenvalue weighted by molar-refractivity contribution is 0.0736. The van der Waals surface area contributed by atoms with Crippen molar-refractivity contribution >= 4 is 17.5 Å². The normalized spacial score (nSPS) is 11.5. The van der Waals surface area contributed by atoms with Gasteiger partial charge in [-0.3, -0.25) is 14.6 Å². The van der Waals surface area contributed by atoms with Gasteiger partial charge in [-0.05, 0) is 36.8 Å². The Morgan fingerprint density at radius 2 is 1.81 bits per heavy atom. The van der Waals surface area contributed by atoms with Gasteiger partial charge in [-0.1, -0.05) is 30.3 Å². The molecule has 6 nitrogen and oxygen atoms in total. The zero-order chi connectivity index (χ0) is 19.2. The molecule has 3 rings (SSSR count). The highest BCUT2D eigenvalue weighted by Crippen LogP contribution is 2.23. The van der Waals surface area contributed by atoms with Crippen LogP contribution in [0, 0.1) is 0 Å². The maximum atomic E-state index is 12.6. The minimum atomic E-state index is -0.214. The van der Waals surface area contributed by atoms with Crippen LogP contribution < -0.4 is 5.32 Å². The van der Waals surface area contributed by atoms with E-state index in [9.17, 15) is 9.59 Å². The molecule has 0 saturated heterocycles. The second kappa shape index (κ2) is 8.23. The lowest BCUT2D eigenvalue weighted by atomic mass is 10.1. The lowest BCUT2D eigenvalue weighted by Gasteiger charge is -2.25. The molecule has 0 spiro atoms. The molecule has 2 amide bonds. The molecule has 0 bridgehead atoms. The molecule has 6 heteroatoms. The number of carbonyl (C=O) groups is 2. The highest BCUT2D eigenvalue weighted by atomic mass is 16.2. The monoisotopic (exact) mass is 360 g/mol. The Morgan fingerprint density at radius 1 is 1.04 bits per heavy atom. The first-order chi connectivity index (χ1) is 13.1. The van der Waals surface area contributed by atoms with Crippen LogP contribution in [-0.4, -0.2) is 33.7 Å². The first kappa shape index (κ1) is 18.3. The summed E-state index contributed by atoms with van der Waals surface area (Å²) in [5.41, 5.74) is 2.46. The first-order valence-corrected chi connectivity index (χ1v) is 8.56. The number of benzene rings is 2. The van der Waals surface area contributed by atoms with Crippen LogP contribution in [0.5, 0.6) is 0 Å². The van der Waals surface area contributed by atoms with Gasteiger partial charge in [0, 0.05) is 30.7 Å². The molecule has 0 radical (unpaired) electrons. The maximum absolute atomic E-state index is 12.6. The Morgan fingerprint density at radius 3 is 2.52 bits per heavy atom. The summed E-state index contributed by atoms with van der Waals surface area (Å²) < 4.78 is 0. The summed E-state index contributed by atoms with van der Waals surface area (Å²) in [5, 5.41) is 2.89. The first-order valence-electron chi connectivity index (χ1n) is 8.56. The number of nitrogens with one attached hydrogen (secondary N) is 1. The van der Waals surface area contributed by atoms with Gasteiger partial charge in [-0.15, -0.1) is 0 Å². The maximum Gasteiger partial charge on any atom is 0.274 e. The van der Waals surface area contributed by atoms with Gasteiger partial charge in [-0.25, -0.2) is 4.98 Å². The van der Waals surface area contributed by atoms with Crippen molar-refractivity contribution in [2.45, 2.75) is 13.0 Å². The molecule has 0 aliphatic carbocycles. The number of amides is 2. The summed E-state index contributed by atoms with van der Waals surface area (Å²) in [6.45, 7) is 1.92. The fraction of sp³-hybridized carbons (Fsp3) is 0.143. The fourth-order valence-electron chi connectivity index (χ4n) is 2.66. The summed E-state index contributed by atoms with van der Waals surface area (Å²) in [7, 11) is 1.72. The number of carbonyl (C=O) groups excluding carboxylic acids is 2. The smallest absolute Gasteiger partial charge is 0.274 e. The Labute approximate surface area is 157 Å². The van der Waals surface area contributed by atoms with Crippen LogP contribution in [0.15, 0.2) is 73.2 Å². The quantitative estimate of drug-likeness (QED) is 0.755. The largest absolute Gasteiger partial charge is 0.334 e. The summed E-state index contributed by atoms with van der Waals surface area (Å²) in [4.78, 5) is 34.5. The van der Waals surface area contributed by atoms with Crippen LogP contribution >= 0.6 is 0 Å². The number of hydrogen-bond acceptors (Lipinski definition) is 4. The van der Waals surface area contributed by atoms with E-state index in [0.717, 1.165) is 5.56 Å². The number of anilines is 1. The predicted octanol–water partition coefficient (Wildman–Crippen LogP) is 3.56. The molecule has 0 aliphatic rings. The second-order valence-corrected chi connectivity index (χ2v) is 6.13. The van der Waals surface area contributed by atoms with Crippen molar-refractivity contribution in [3.63, 3.8) is 0 Å². The molecular formula is C21H20N4O2. The van der Waals surface area contributed by atoms with Crippen molar-refractivity contribution in [3.05, 3.63) is 90.0 Å². The Balaban J connectivity index is 1.74. The van der Waals surface area contributed by atoms with E-state index < -0.39 is 0 Å². The average Bonchev–Trinajstić information content (AvgIpc) is 2.73. The Kier molecular flexibility index (Phi) is 5.56. The van der Waals surface area contributed by atoms with E-state index in [-0.39, 0.29) is 17.9 Å². The van der Waals surface area contributed by atoms with Gasteiger partial charge in [0.15, 0.2) is 0 Å². The molecule has 27 heavy (non-hydrogen) atoms. The minimum Gasteiger partial charge on any atom is -0.334 e. The van der Waals surface area contributed by atoms with Gasteiger partial charge >= 0.3 is 0 Å². The van der Waals surface area contributed by atoms with E-state index in [4.69, 9.17) is 0 Å². The predicted molar refractivity (Wildman–Crippen MR) is 103 cm³/mol.